The van der Waals surface area contributed by atoms with E-state index in [9.17, 15) is 21.6 Å². The van der Waals surface area contributed by atoms with Gasteiger partial charge in [-0.3, -0.25) is 4.72 Å². The van der Waals surface area contributed by atoms with E-state index in [-0.39, 0.29) is 18.0 Å². The first-order valence-electron chi connectivity index (χ1n) is 9.03. The summed E-state index contributed by atoms with van der Waals surface area (Å²) in [5.41, 5.74) is 0.650. The van der Waals surface area contributed by atoms with Gasteiger partial charge < -0.3 is 9.26 Å². The molecule has 0 unspecified atom stereocenters. The van der Waals surface area contributed by atoms with Crippen LogP contribution in [0.15, 0.2) is 75.5 Å². The van der Waals surface area contributed by atoms with Gasteiger partial charge in [-0.05, 0) is 35.2 Å². The standard InChI is InChI=1S/C20H14F3N3O4S2/c21-20(22,23)29-15-8-3-4-10-17(15)32(27,28)26-14-7-2-1-6-13(14)12-18-24-19(25-30-18)16-9-5-11-31-16/h1-11,26H,12H2. The number of para-hydroxylation sites is 2. The smallest absolute Gasteiger partial charge is 0.404 e. The molecule has 0 aliphatic rings. The average molecular weight is 481 g/mol. The Kier molecular flexibility index (Phi) is 5.89. The third kappa shape index (κ3) is 5.08. The molecule has 0 atom stereocenters. The number of rotatable bonds is 7. The van der Waals surface area contributed by atoms with Gasteiger partial charge in [0.1, 0.15) is 10.6 Å². The Morgan fingerprint density at radius 1 is 1.03 bits per heavy atom. The largest absolute Gasteiger partial charge is 0.573 e. The van der Waals surface area contributed by atoms with Gasteiger partial charge in [0.15, 0.2) is 0 Å². The van der Waals surface area contributed by atoms with Crippen LogP contribution in [-0.2, 0) is 16.4 Å². The minimum Gasteiger partial charge on any atom is -0.404 e. The molecule has 0 spiro atoms. The lowest BCUT2D eigenvalue weighted by atomic mass is 10.1. The number of anilines is 1. The minimum absolute atomic E-state index is 0.109. The molecule has 0 aliphatic heterocycles. The third-order valence-electron chi connectivity index (χ3n) is 4.18. The molecule has 4 aromatic rings. The Labute approximate surface area is 184 Å². The van der Waals surface area contributed by atoms with Gasteiger partial charge in [-0.15, -0.1) is 24.5 Å². The molecule has 2 heterocycles. The fourth-order valence-electron chi connectivity index (χ4n) is 2.85. The molecule has 0 radical (unpaired) electrons. The zero-order chi connectivity index (χ0) is 22.8. The summed E-state index contributed by atoms with van der Waals surface area (Å²) in [6, 6.07) is 14.6. The Morgan fingerprint density at radius 2 is 1.78 bits per heavy atom. The molecule has 0 fully saturated rings. The predicted molar refractivity (Wildman–Crippen MR) is 111 cm³/mol. The normalized spacial score (nSPS) is 12.0. The lowest BCUT2D eigenvalue weighted by Gasteiger charge is -2.15. The summed E-state index contributed by atoms with van der Waals surface area (Å²) >= 11 is 1.44. The van der Waals surface area contributed by atoms with Crippen LogP contribution in [0.1, 0.15) is 11.5 Å². The van der Waals surface area contributed by atoms with E-state index in [1.54, 1.807) is 18.2 Å². The van der Waals surface area contributed by atoms with Crippen molar-refractivity contribution in [3.63, 3.8) is 0 Å². The SMILES string of the molecule is O=S(=O)(Nc1ccccc1Cc1nc(-c2cccs2)no1)c1ccccc1OC(F)(F)F. The van der Waals surface area contributed by atoms with Crippen molar-refractivity contribution in [3.05, 3.63) is 77.5 Å². The van der Waals surface area contributed by atoms with E-state index in [1.807, 2.05) is 17.5 Å². The summed E-state index contributed by atoms with van der Waals surface area (Å²) in [5, 5.41) is 5.79. The van der Waals surface area contributed by atoms with E-state index in [2.05, 4.69) is 19.6 Å². The van der Waals surface area contributed by atoms with Crippen LogP contribution in [-0.4, -0.2) is 24.9 Å². The Balaban J connectivity index is 1.60. The Morgan fingerprint density at radius 3 is 2.53 bits per heavy atom. The van der Waals surface area contributed by atoms with Gasteiger partial charge >= 0.3 is 6.36 Å². The van der Waals surface area contributed by atoms with Gasteiger partial charge in [0, 0.05) is 0 Å². The van der Waals surface area contributed by atoms with Crippen molar-refractivity contribution >= 4 is 27.0 Å². The van der Waals surface area contributed by atoms with Gasteiger partial charge in [0.25, 0.3) is 10.0 Å². The average Bonchev–Trinajstić information content (AvgIpc) is 3.40. The summed E-state index contributed by atoms with van der Waals surface area (Å²) in [6.45, 7) is 0. The number of hydrogen-bond donors (Lipinski definition) is 1. The highest BCUT2D eigenvalue weighted by molar-refractivity contribution is 7.92. The zero-order valence-electron chi connectivity index (χ0n) is 16.0. The van der Waals surface area contributed by atoms with E-state index >= 15 is 0 Å². The number of aromatic nitrogens is 2. The van der Waals surface area contributed by atoms with Gasteiger partial charge in [0.05, 0.1) is 17.0 Å². The highest BCUT2D eigenvalue weighted by Crippen LogP contribution is 2.31. The molecule has 32 heavy (non-hydrogen) atoms. The second-order valence-corrected chi connectivity index (χ2v) is 9.02. The van der Waals surface area contributed by atoms with Crippen molar-refractivity contribution in [2.45, 2.75) is 17.7 Å². The van der Waals surface area contributed by atoms with Crippen LogP contribution in [0, 0.1) is 0 Å². The maximum Gasteiger partial charge on any atom is 0.573 e. The maximum atomic E-state index is 12.9. The van der Waals surface area contributed by atoms with Crippen LogP contribution < -0.4 is 9.46 Å². The van der Waals surface area contributed by atoms with E-state index in [1.165, 1.54) is 29.5 Å². The number of benzene rings is 2. The molecule has 12 heteroatoms. The van der Waals surface area contributed by atoms with Crippen molar-refractivity contribution in [2.75, 3.05) is 4.72 Å². The predicted octanol–water partition coefficient (Wildman–Crippen LogP) is 5.09. The van der Waals surface area contributed by atoms with E-state index in [0.717, 1.165) is 17.0 Å². The zero-order valence-corrected chi connectivity index (χ0v) is 17.7. The van der Waals surface area contributed by atoms with Gasteiger partial charge in [-0.2, -0.15) is 4.98 Å². The van der Waals surface area contributed by atoms with Gasteiger partial charge in [-0.1, -0.05) is 41.6 Å². The van der Waals surface area contributed by atoms with Crippen LogP contribution >= 0.6 is 11.3 Å². The molecule has 166 valence electrons. The second kappa shape index (κ2) is 8.63. The number of thiophene rings is 1. The molecule has 0 aliphatic carbocycles. The van der Waals surface area contributed by atoms with Crippen LogP contribution in [0.4, 0.5) is 18.9 Å². The molecule has 4 rings (SSSR count). The van der Waals surface area contributed by atoms with E-state index < -0.39 is 27.0 Å². The molecule has 1 N–H and O–H groups in total. The van der Waals surface area contributed by atoms with Crippen molar-refractivity contribution in [1.82, 2.24) is 10.1 Å². The first kappa shape index (κ1) is 21.8. The van der Waals surface area contributed by atoms with E-state index in [0.29, 0.717) is 11.4 Å². The molecule has 0 bridgehead atoms. The first-order chi connectivity index (χ1) is 15.2. The number of hydrogen-bond acceptors (Lipinski definition) is 7. The quantitative estimate of drug-likeness (QED) is 0.395. The second-order valence-electron chi connectivity index (χ2n) is 6.42. The maximum absolute atomic E-state index is 12.9. The Bertz CT molecular complexity index is 1320. The molecule has 0 saturated heterocycles. The highest BCUT2D eigenvalue weighted by Gasteiger charge is 2.34. The lowest BCUT2D eigenvalue weighted by Crippen LogP contribution is -2.21. The molecule has 2 aromatic heterocycles. The fourth-order valence-corrected chi connectivity index (χ4v) is 4.73. The molecular formula is C20H14F3N3O4S2. The molecule has 0 saturated carbocycles. The van der Waals surface area contributed by atoms with Crippen LogP contribution in [0.2, 0.25) is 0 Å². The summed E-state index contributed by atoms with van der Waals surface area (Å²) in [6.07, 6.45) is -4.93. The minimum atomic E-state index is -5.04. The van der Waals surface area contributed by atoms with Crippen LogP contribution in [0.25, 0.3) is 10.7 Å². The topological polar surface area (TPSA) is 94.3 Å². The lowest BCUT2D eigenvalue weighted by molar-refractivity contribution is -0.275. The number of halogens is 3. The van der Waals surface area contributed by atoms with Gasteiger partial charge in [-0.25, -0.2) is 8.42 Å². The number of ether oxygens (including phenoxy) is 1. The number of sulfonamides is 1. The number of nitrogens with one attached hydrogen (secondary N) is 1. The van der Waals surface area contributed by atoms with Crippen molar-refractivity contribution in [2.24, 2.45) is 0 Å². The monoisotopic (exact) mass is 481 g/mol. The number of nitrogens with zero attached hydrogens (tertiary/aromatic N) is 2. The molecule has 7 nitrogen and oxygen atoms in total. The third-order valence-corrected chi connectivity index (χ3v) is 6.45. The summed E-state index contributed by atoms with van der Waals surface area (Å²) in [5.74, 6) is -0.172. The summed E-state index contributed by atoms with van der Waals surface area (Å²) < 4.78 is 75.2. The van der Waals surface area contributed by atoms with E-state index in [4.69, 9.17) is 4.52 Å². The van der Waals surface area contributed by atoms with Crippen LogP contribution in [0.3, 0.4) is 0 Å². The Hall–Kier alpha value is -3.38. The molecule has 0 amide bonds. The van der Waals surface area contributed by atoms with Gasteiger partial charge in [0.2, 0.25) is 11.7 Å². The first-order valence-corrected chi connectivity index (χ1v) is 11.4. The fraction of sp³-hybridized carbons (Fsp3) is 0.100. The highest BCUT2D eigenvalue weighted by atomic mass is 32.2. The van der Waals surface area contributed by atoms with Crippen molar-refractivity contribution < 1.29 is 30.8 Å². The van der Waals surface area contributed by atoms with Crippen molar-refractivity contribution in [3.8, 4) is 16.5 Å². The summed E-state index contributed by atoms with van der Waals surface area (Å²) in [4.78, 5) is 4.48. The number of alkyl halides is 3. The van der Waals surface area contributed by atoms with Crippen LogP contribution in [0.5, 0.6) is 5.75 Å². The molecule has 2 aromatic carbocycles. The van der Waals surface area contributed by atoms with Crippen molar-refractivity contribution in [1.29, 1.82) is 0 Å². The summed E-state index contributed by atoms with van der Waals surface area (Å²) in [7, 11) is -4.40. The molecular weight excluding hydrogens is 467 g/mol.